The van der Waals surface area contributed by atoms with Crippen molar-refractivity contribution in [3.05, 3.63) is 65.2 Å². The monoisotopic (exact) mass is 344 g/mol. The quantitative estimate of drug-likeness (QED) is 0.867. The summed E-state index contributed by atoms with van der Waals surface area (Å²) in [5, 5.41) is 5.54. The Balaban J connectivity index is 1.63. The average molecular weight is 344 g/mol. The topological polar surface area (TPSA) is 58.2 Å². The first-order valence-electron chi connectivity index (χ1n) is 8.10. The highest BCUT2D eigenvalue weighted by Gasteiger charge is 2.29. The molecule has 0 aromatic heterocycles. The third-order valence-corrected chi connectivity index (χ3v) is 4.10. The van der Waals surface area contributed by atoms with Gasteiger partial charge in [-0.15, -0.1) is 0 Å². The summed E-state index contributed by atoms with van der Waals surface area (Å²) < 4.78 is 26.4. The van der Waals surface area contributed by atoms with E-state index in [9.17, 15) is 18.4 Å². The van der Waals surface area contributed by atoms with Crippen LogP contribution in [-0.4, -0.2) is 11.8 Å². The molecule has 1 atom stereocenters. The molecular formula is C19H18F2N2O2. The lowest BCUT2D eigenvalue weighted by Gasteiger charge is -2.15. The van der Waals surface area contributed by atoms with E-state index < -0.39 is 17.5 Å². The summed E-state index contributed by atoms with van der Waals surface area (Å²) in [4.78, 5) is 23.8. The van der Waals surface area contributed by atoms with Crippen molar-refractivity contribution in [3.63, 3.8) is 0 Å². The van der Waals surface area contributed by atoms with Gasteiger partial charge >= 0.3 is 0 Å². The van der Waals surface area contributed by atoms with E-state index in [0.717, 1.165) is 36.6 Å². The standard InChI is InChI=1S/C19H18F2N2O2/c1-11(22-19(25)14-8-15(20)10-16(21)9-14)12-4-6-17(7-5-12)23-18(24)13-2-3-13/h4-11,13H,2-3H2,1H3,(H,22,25)(H,23,24). The van der Waals surface area contributed by atoms with Gasteiger partial charge in [0.05, 0.1) is 6.04 Å². The summed E-state index contributed by atoms with van der Waals surface area (Å²) in [7, 11) is 0. The van der Waals surface area contributed by atoms with Gasteiger partial charge in [0, 0.05) is 23.2 Å². The van der Waals surface area contributed by atoms with Crippen LogP contribution in [0, 0.1) is 17.6 Å². The van der Waals surface area contributed by atoms with Crippen LogP contribution in [0.25, 0.3) is 0 Å². The van der Waals surface area contributed by atoms with Crippen LogP contribution in [0.4, 0.5) is 14.5 Å². The SMILES string of the molecule is CC(NC(=O)c1cc(F)cc(F)c1)c1ccc(NC(=O)C2CC2)cc1. The van der Waals surface area contributed by atoms with E-state index in [1.165, 1.54) is 0 Å². The van der Waals surface area contributed by atoms with E-state index in [0.29, 0.717) is 5.69 Å². The van der Waals surface area contributed by atoms with E-state index in [1.807, 2.05) is 0 Å². The molecule has 1 unspecified atom stereocenters. The zero-order valence-corrected chi connectivity index (χ0v) is 13.7. The van der Waals surface area contributed by atoms with Crippen molar-refractivity contribution in [2.45, 2.75) is 25.8 Å². The molecule has 25 heavy (non-hydrogen) atoms. The first-order valence-corrected chi connectivity index (χ1v) is 8.10. The van der Waals surface area contributed by atoms with Gasteiger partial charge in [-0.3, -0.25) is 9.59 Å². The third kappa shape index (κ3) is 4.41. The van der Waals surface area contributed by atoms with Crippen molar-refractivity contribution in [3.8, 4) is 0 Å². The number of amides is 2. The molecule has 0 spiro atoms. The molecule has 1 aliphatic carbocycles. The zero-order valence-electron chi connectivity index (χ0n) is 13.7. The van der Waals surface area contributed by atoms with Gasteiger partial charge in [-0.1, -0.05) is 12.1 Å². The Bertz CT molecular complexity index is 781. The number of anilines is 1. The molecule has 2 aromatic rings. The van der Waals surface area contributed by atoms with E-state index in [-0.39, 0.29) is 23.4 Å². The minimum Gasteiger partial charge on any atom is -0.346 e. The van der Waals surface area contributed by atoms with E-state index >= 15 is 0 Å². The van der Waals surface area contributed by atoms with Crippen LogP contribution >= 0.6 is 0 Å². The molecule has 4 nitrogen and oxygen atoms in total. The second kappa shape index (κ2) is 7.01. The van der Waals surface area contributed by atoms with Crippen molar-refractivity contribution < 1.29 is 18.4 Å². The maximum Gasteiger partial charge on any atom is 0.251 e. The molecular weight excluding hydrogens is 326 g/mol. The molecule has 6 heteroatoms. The highest BCUT2D eigenvalue weighted by Crippen LogP contribution is 2.30. The van der Waals surface area contributed by atoms with Crippen LogP contribution in [0.5, 0.6) is 0 Å². The fourth-order valence-corrected chi connectivity index (χ4v) is 2.49. The molecule has 0 aliphatic heterocycles. The van der Waals surface area contributed by atoms with Crippen molar-refractivity contribution >= 4 is 17.5 Å². The Labute approximate surface area is 144 Å². The highest BCUT2D eigenvalue weighted by atomic mass is 19.1. The fraction of sp³-hybridized carbons (Fsp3) is 0.263. The fourth-order valence-electron chi connectivity index (χ4n) is 2.49. The largest absolute Gasteiger partial charge is 0.346 e. The highest BCUT2D eigenvalue weighted by molar-refractivity contribution is 5.95. The van der Waals surface area contributed by atoms with E-state index in [2.05, 4.69) is 10.6 Å². The minimum atomic E-state index is -0.798. The van der Waals surface area contributed by atoms with Crippen molar-refractivity contribution in [1.29, 1.82) is 0 Å². The van der Waals surface area contributed by atoms with E-state index in [4.69, 9.17) is 0 Å². The molecule has 3 rings (SSSR count). The van der Waals surface area contributed by atoms with Crippen molar-refractivity contribution in [2.75, 3.05) is 5.32 Å². The van der Waals surface area contributed by atoms with Crippen LogP contribution in [0.1, 0.15) is 41.7 Å². The number of hydrogen-bond donors (Lipinski definition) is 2. The summed E-state index contributed by atoms with van der Waals surface area (Å²) in [5.74, 6) is -1.99. The first-order chi connectivity index (χ1) is 11.9. The summed E-state index contributed by atoms with van der Waals surface area (Å²) in [6.07, 6.45) is 1.88. The van der Waals surface area contributed by atoms with E-state index in [1.54, 1.807) is 31.2 Å². The minimum absolute atomic E-state index is 0.0298. The Morgan fingerprint density at radius 2 is 1.64 bits per heavy atom. The predicted molar refractivity (Wildman–Crippen MR) is 90.0 cm³/mol. The summed E-state index contributed by atoms with van der Waals surface area (Å²) in [6.45, 7) is 1.77. The summed E-state index contributed by atoms with van der Waals surface area (Å²) in [5.41, 5.74) is 1.44. The molecule has 1 aliphatic rings. The Hall–Kier alpha value is -2.76. The lowest BCUT2D eigenvalue weighted by atomic mass is 10.1. The average Bonchev–Trinajstić information content (AvgIpc) is 3.39. The maximum absolute atomic E-state index is 13.2. The number of carbonyl (C=O) groups excluding carboxylic acids is 2. The number of benzene rings is 2. The molecule has 2 N–H and O–H groups in total. The number of nitrogens with one attached hydrogen (secondary N) is 2. The van der Waals surface area contributed by atoms with Gasteiger partial charge < -0.3 is 10.6 Å². The Morgan fingerprint density at radius 3 is 2.20 bits per heavy atom. The number of carbonyl (C=O) groups is 2. The normalized spacial score (nSPS) is 14.7. The maximum atomic E-state index is 13.2. The number of hydrogen-bond acceptors (Lipinski definition) is 2. The summed E-state index contributed by atoms with van der Waals surface area (Å²) in [6, 6.07) is 9.45. The Morgan fingerprint density at radius 1 is 1.04 bits per heavy atom. The lowest BCUT2D eigenvalue weighted by Crippen LogP contribution is -2.26. The third-order valence-electron chi connectivity index (χ3n) is 4.10. The lowest BCUT2D eigenvalue weighted by molar-refractivity contribution is -0.117. The molecule has 2 aromatic carbocycles. The van der Waals surface area contributed by atoms with Crippen LogP contribution < -0.4 is 10.6 Å². The van der Waals surface area contributed by atoms with Gasteiger partial charge in [0.2, 0.25) is 5.91 Å². The zero-order chi connectivity index (χ0) is 18.0. The second-order valence-corrected chi connectivity index (χ2v) is 6.24. The van der Waals surface area contributed by atoms with Gasteiger partial charge in [-0.25, -0.2) is 8.78 Å². The first kappa shape index (κ1) is 17.1. The van der Waals surface area contributed by atoms with Crippen LogP contribution in [-0.2, 0) is 4.79 Å². The predicted octanol–water partition coefficient (Wildman–Crippen LogP) is 3.80. The second-order valence-electron chi connectivity index (χ2n) is 6.24. The van der Waals surface area contributed by atoms with Crippen LogP contribution in [0.2, 0.25) is 0 Å². The molecule has 2 amide bonds. The summed E-state index contributed by atoms with van der Waals surface area (Å²) >= 11 is 0. The van der Waals surface area contributed by atoms with Gasteiger partial charge in [0.1, 0.15) is 11.6 Å². The van der Waals surface area contributed by atoms with Gasteiger partial charge in [-0.05, 0) is 49.6 Å². The molecule has 0 saturated heterocycles. The van der Waals surface area contributed by atoms with Crippen molar-refractivity contribution in [1.82, 2.24) is 5.32 Å². The molecule has 0 heterocycles. The van der Waals surface area contributed by atoms with Crippen molar-refractivity contribution in [2.24, 2.45) is 5.92 Å². The molecule has 0 bridgehead atoms. The van der Waals surface area contributed by atoms with Gasteiger partial charge in [0.25, 0.3) is 5.91 Å². The molecule has 0 radical (unpaired) electrons. The van der Waals surface area contributed by atoms with Gasteiger partial charge in [0.15, 0.2) is 0 Å². The smallest absolute Gasteiger partial charge is 0.251 e. The number of rotatable bonds is 5. The van der Waals surface area contributed by atoms with Crippen LogP contribution in [0.15, 0.2) is 42.5 Å². The number of halogens is 2. The van der Waals surface area contributed by atoms with Gasteiger partial charge in [-0.2, -0.15) is 0 Å². The molecule has 1 saturated carbocycles. The molecule has 1 fully saturated rings. The Kier molecular flexibility index (Phi) is 4.79. The van der Waals surface area contributed by atoms with Crippen LogP contribution in [0.3, 0.4) is 0 Å². The molecule has 130 valence electrons.